The molecule has 0 spiro atoms. The van der Waals surface area contributed by atoms with Gasteiger partial charge in [-0.3, -0.25) is 14.3 Å². The van der Waals surface area contributed by atoms with Crippen LogP contribution in [0.5, 0.6) is 23.0 Å². The van der Waals surface area contributed by atoms with Gasteiger partial charge in [-0.15, -0.1) is 0 Å². The van der Waals surface area contributed by atoms with Crippen LogP contribution in [0.15, 0.2) is 60.8 Å². The molecule has 2 N–H and O–H groups in total. The van der Waals surface area contributed by atoms with E-state index in [1.807, 2.05) is 31.2 Å². The number of ether oxygens (including phenoxy) is 2. The molecule has 2 aromatic carbocycles. The number of aromatic nitrogens is 1. The largest absolute Gasteiger partial charge is 0.508 e. The Balaban J connectivity index is 1.37. The van der Waals surface area contributed by atoms with Gasteiger partial charge < -0.3 is 19.7 Å². The summed E-state index contributed by atoms with van der Waals surface area (Å²) in [7, 11) is 0. The van der Waals surface area contributed by atoms with Gasteiger partial charge in [0.05, 0.1) is 18.6 Å². The van der Waals surface area contributed by atoms with E-state index in [9.17, 15) is 14.6 Å². The molecule has 34 heavy (non-hydrogen) atoms. The van der Waals surface area contributed by atoms with Gasteiger partial charge in [-0.2, -0.15) is 0 Å². The van der Waals surface area contributed by atoms with Gasteiger partial charge in [0.25, 0.3) is 0 Å². The van der Waals surface area contributed by atoms with Crippen molar-refractivity contribution in [2.45, 2.75) is 13.0 Å². The molecule has 176 valence electrons. The number of hydrogen-bond acceptors (Lipinski definition) is 6. The van der Waals surface area contributed by atoms with E-state index in [0.717, 1.165) is 47.6 Å². The zero-order chi connectivity index (χ0) is 23.7. The molecule has 5 rings (SSSR count). The molecule has 3 aromatic rings. The number of hydrogen-bond donors (Lipinski definition) is 2. The maximum Gasteiger partial charge on any atom is 0.166 e. The van der Waals surface area contributed by atoms with Crippen molar-refractivity contribution in [3.63, 3.8) is 0 Å². The van der Waals surface area contributed by atoms with Crippen molar-refractivity contribution in [2.75, 3.05) is 32.9 Å². The molecule has 1 atom stereocenters. The second kappa shape index (κ2) is 9.35. The first-order valence-corrected chi connectivity index (χ1v) is 11.4. The monoisotopic (exact) mass is 462 g/mol. The number of alkyl halides is 1. The lowest BCUT2D eigenvalue weighted by atomic mass is 9.87. The molecule has 2 aliphatic rings. The average Bonchev–Trinajstić information content (AvgIpc) is 2.82. The van der Waals surface area contributed by atoms with Crippen LogP contribution in [0, 0.1) is 5.92 Å². The van der Waals surface area contributed by atoms with Crippen molar-refractivity contribution >= 4 is 11.1 Å². The number of aromatic hydroxyl groups is 2. The number of phenolic OH excluding ortho intramolecular Hbond substituents is 2. The van der Waals surface area contributed by atoms with E-state index in [2.05, 4.69) is 9.88 Å². The first-order valence-electron chi connectivity index (χ1n) is 11.4. The van der Waals surface area contributed by atoms with Gasteiger partial charge in [0, 0.05) is 36.7 Å². The van der Waals surface area contributed by atoms with Gasteiger partial charge >= 0.3 is 0 Å². The minimum atomic E-state index is -0.464. The summed E-state index contributed by atoms with van der Waals surface area (Å²) in [5, 5.41) is 19.8. The van der Waals surface area contributed by atoms with Gasteiger partial charge in [-0.1, -0.05) is 12.1 Å². The van der Waals surface area contributed by atoms with Crippen molar-refractivity contribution in [1.82, 2.24) is 9.88 Å². The summed E-state index contributed by atoms with van der Waals surface area (Å²) in [6, 6.07) is 15.8. The molecule has 2 aliphatic heterocycles. The summed E-state index contributed by atoms with van der Waals surface area (Å²) < 4.78 is 24.8. The van der Waals surface area contributed by atoms with Crippen LogP contribution in [0.1, 0.15) is 29.8 Å². The fourth-order valence-corrected chi connectivity index (χ4v) is 4.54. The molecular formula is C27H27FN2O4. The highest BCUT2D eigenvalue weighted by Gasteiger charge is 2.30. The third-order valence-corrected chi connectivity index (χ3v) is 6.41. The van der Waals surface area contributed by atoms with Gasteiger partial charge in [0.1, 0.15) is 29.6 Å². The van der Waals surface area contributed by atoms with Gasteiger partial charge in [-0.05, 0) is 60.5 Å². The van der Waals surface area contributed by atoms with E-state index < -0.39 is 6.10 Å². The second-order valence-electron chi connectivity index (χ2n) is 8.81. The summed E-state index contributed by atoms with van der Waals surface area (Å²) in [5.41, 5.74) is 4.33. The quantitative estimate of drug-likeness (QED) is 0.524. The molecule has 0 amide bonds. The number of allylic oxidation sites excluding steroid dienone is 1. The normalized spacial score (nSPS) is 18.2. The number of nitrogens with zero attached hydrogens (tertiary/aromatic N) is 2. The van der Waals surface area contributed by atoms with E-state index >= 15 is 0 Å². The predicted molar refractivity (Wildman–Crippen MR) is 128 cm³/mol. The molecule has 7 heteroatoms. The molecule has 0 aliphatic carbocycles. The highest BCUT2D eigenvalue weighted by atomic mass is 19.1. The van der Waals surface area contributed by atoms with Gasteiger partial charge in [0.2, 0.25) is 0 Å². The Morgan fingerprint density at radius 2 is 1.82 bits per heavy atom. The molecule has 0 radical (unpaired) electrons. The Morgan fingerprint density at radius 3 is 2.53 bits per heavy atom. The van der Waals surface area contributed by atoms with E-state index in [4.69, 9.17) is 9.47 Å². The maximum atomic E-state index is 12.6. The number of phenols is 2. The minimum absolute atomic E-state index is 0.170. The third-order valence-electron chi connectivity index (χ3n) is 6.41. The number of likely N-dealkylation sites (tertiary alicyclic amines) is 1. The standard InChI is InChI=1S/C27H27FN2O4/c1-17-23-12-21(32)6-9-25(23)34-27(26(17)19-2-4-20(31)5-3-19)24-8-7-22(14-29-24)33-11-10-30-15-18(13-28)16-30/h2-9,12,14,18,27,31-32H,10-11,13,15-16H2,1H3. The predicted octanol–water partition coefficient (Wildman–Crippen LogP) is 4.84. The molecule has 1 unspecified atom stereocenters. The first-order chi connectivity index (χ1) is 16.5. The fourth-order valence-electron chi connectivity index (χ4n) is 4.54. The lowest BCUT2D eigenvalue weighted by Gasteiger charge is -2.37. The molecule has 1 fully saturated rings. The van der Waals surface area contributed by atoms with Crippen molar-refractivity contribution < 1.29 is 24.1 Å². The van der Waals surface area contributed by atoms with E-state index in [0.29, 0.717) is 18.1 Å². The molecule has 0 saturated carbocycles. The number of fused-ring (bicyclic) bond motifs is 1. The number of benzene rings is 2. The van der Waals surface area contributed by atoms with Crippen LogP contribution >= 0.6 is 0 Å². The smallest absolute Gasteiger partial charge is 0.166 e. The van der Waals surface area contributed by atoms with Crippen LogP contribution in [0.3, 0.4) is 0 Å². The zero-order valence-corrected chi connectivity index (χ0v) is 18.9. The topological polar surface area (TPSA) is 75.1 Å². The lowest BCUT2D eigenvalue weighted by molar-refractivity contribution is 0.0668. The Hall–Kier alpha value is -3.58. The van der Waals surface area contributed by atoms with Crippen LogP contribution in [0.4, 0.5) is 4.39 Å². The summed E-state index contributed by atoms with van der Waals surface area (Å²) in [4.78, 5) is 6.81. The Morgan fingerprint density at radius 1 is 1.06 bits per heavy atom. The van der Waals surface area contributed by atoms with Crippen LogP contribution in [-0.2, 0) is 0 Å². The number of rotatable bonds is 7. The Labute approximate surface area is 197 Å². The highest BCUT2D eigenvalue weighted by molar-refractivity contribution is 5.95. The molecule has 1 aromatic heterocycles. The van der Waals surface area contributed by atoms with E-state index in [-0.39, 0.29) is 24.1 Å². The van der Waals surface area contributed by atoms with Crippen LogP contribution in [0.25, 0.3) is 11.1 Å². The minimum Gasteiger partial charge on any atom is -0.508 e. The van der Waals surface area contributed by atoms with Crippen molar-refractivity contribution in [1.29, 1.82) is 0 Å². The van der Waals surface area contributed by atoms with Crippen molar-refractivity contribution in [3.05, 3.63) is 77.6 Å². The molecule has 6 nitrogen and oxygen atoms in total. The molecule has 1 saturated heterocycles. The highest BCUT2D eigenvalue weighted by Crippen LogP contribution is 2.47. The summed E-state index contributed by atoms with van der Waals surface area (Å²) >= 11 is 0. The lowest BCUT2D eigenvalue weighted by Crippen LogP contribution is -2.49. The first kappa shape index (κ1) is 22.2. The number of halogens is 1. The SMILES string of the molecule is CC1=C(c2ccc(O)cc2)C(c2ccc(OCCN3CC(CF)C3)cn2)Oc2ccc(O)cc21. The molecule has 0 bridgehead atoms. The van der Waals surface area contributed by atoms with Crippen LogP contribution < -0.4 is 9.47 Å². The third kappa shape index (κ3) is 4.43. The summed E-state index contributed by atoms with van der Waals surface area (Å²) in [6.07, 6.45) is 1.23. The molecular weight excluding hydrogens is 435 g/mol. The molecule has 3 heterocycles. The average molecular weight is 463 g/mol. The maximum absolute atomic E-state index is 12.6. The van der Waals surface area contributed by atoms with Crippen LogP contribution in [-0.4, -0.2) is 53.0 Å². The van der Waals surface area contributed by atoms with Crippen molar-refractivity contribution in [2.24, 2.45) is 5.92 Å². The summed E-state index contributed by atoms with van der Waals surface area (Å²) in [6.45, 7) is 4.62. The van der Waals surface area contributed by atoms with Crippen LogP contribution in [0.2, 0.25) is 0 Å². The summed E-state index contributed by atoms with van der Waals surface area (Å²) in [5.74, 6) is 1.87. The number of pyridine rings is 1. The Kier molecular flexibility index (Phi) is 6.11. The van der Waals surface area contributed by atoms with Crippen molar-refractivity contribution in [3.8, 4) is 23.0 Å². The fraction of sp³-hybridized carbons (Fsp3) is 0.296. The van der Waals surface area contributed by atoms with Gasteiger partial charge in [0.15, 0.2) is 6.10 Å². The van der Waals surface area contributed by atoms with E-state index in [1.165, 1.54) is 0 Å². The Bertz CT molecular complexity index is 1190. The van der Waals surface area contributed by atoms with Gasteiger partial charge in [-0.25, -0.2) is 0 Å². The second-order valence-corrected chi connectivity index (χ2v) is 8.81. The zero-order valence-electron chi connectivity index (χ0n) is 18.9. The van der Waals surface area contributed by atoms with E-state index in [1.54, 1.807) is 36.5 Å².